The number of carboxylic acids is 2. The van der Waals surface area contributed by atoms with Gasteiger partial charge in [0.2, 0.25) is 20.0 Å². The summed E-state index contributed by atoms with van der Waals surface area (Å²) in [4.78, 5) is 53.2. The van der Waals surface area contributed by atoms with E-state index in [9.17, 15) is 44.4 Å². The predicted molar refractivity (Wildman–Crippen MR) is 457 cm³/mol. The number of Topliss-reactive ketones (excluding diaryl/α,β-unsaturated/α-hetero) is 1. The molecule has 0 spiro atoms. The van der Waals surface area contributed by atoms with Gasteiger partial charge in [-0.2, -0.15) is 0 Å². The first kappa shape index (κ1) is 94.8. The fourth-order valence-electron chi connectivity index (χ4n) is 13.7. The maximum atomic E-state index is 13.3. The van der Waals surface area contributed by atoms with Gasteiger partial charge in [0.05, 0.1) is 97.6 Å². The standard InChI is InChI=1S/C54H62Cl4N4O10S2.C22H29Cl2N3O4S.C8H6O4/c1-61-33-47(45-29-41(55)31-51(57)49(45)35-61)39-7-3-9-43(27-39)73(65,66)26-6-19-70-23-24-71-20-16-59-54(64)38-14-12-37(13-15-38)53(63)11-5-18-69-22-25-72-21-17-60-74(67,68)44-10-4-8-40(28-44)48-34-62(2)36-50-46(48)30-42(56)32-52(50)58;1-27-14-20(19-12-17(23)13-22(24)21(19)15-27)16-3-2-4-18(11-16)32(28,29)26-6-8-31-10-9-30-7-5-25;9-7(10)5-1-2-6(4-3-5)8(11)12/h3-4,7-10,12-15,27-32,47-48,60H,5-6,11,16-26,33-36H2,1-2H3,(H,59,64);2-4,11-13,20,26H,5-10,14-15,25H2,1H3;1-4H,(H,9,10)(H,11,12). The SMILES string of the molecule is CN1Cc2c(Cl)cc(Cl)cc2C(c2cccc(S(=O)(=O)CCCOCCOCCNC(=O)c3ccc(C(=O)CCCOCCOCCNS(=O)(=O)c4cccc(C5CN(C)Cc6c(Cl)cc(Cl)cc65)c4)cc3)c2)C1.CN1Cc2c(Cl)cc(Cl)cc2C(c2cccc(S(=O)(=O)NCCOCCOCCN)c2)C1.O=C(O)c1ccc(C(=O)O)cc1. The van der Waals surface area contributed by atoms with Crippen LogP contribution >= 0.6 is 69.6 Å². The van der Waals surface area contributed by atoms with Gasteiger partial charge in [0, 0.05) is 144 Å². The van der Waals surface area contributed by atoms with Crippen molar-refractivity contribution in [1.29, 1.82) is 0 Å². The first-order valence-electron chi connectivity index (χ1n) is 38.1. The molecule has 11 rings (SSSR count). The molecule has 0 saturated carbocycles. The molecule has 0 radical (unpaired) electrons. The van der Waals surface area contributed by atoms with Crippen molar-refractivity contribution in [3.63, 3.8) is 0 Å². The van der Waals surface area contributed by atoms with E-state index in [1.807, 2.05) is 57.5 Å². The Kier molecular flexibility index (Phi) is 37.2. The van der Waals surface area contributed by atoms with Crippen molar-refractivity contribution in [3.8, 4) is 0 Å². The van der Waals surface area contributed by atoms with Crippen molar-refractivity contribution >= 4 is 123 Å². The number of halogens is 6. The van der Waals surface area contributed by atoms with Crippen LogP contribution in [0.1, 0.15) is 129 Å². The van der Waals surface area contributed by atoms with Gasteiger partial charge < -0.3 is 64.4 Å². The van der Waals surface area contributed by atoms with E-state index in [1.54, 1.807) is 97.1 Å². The lowest BCUT2D eigenvalue weighted by Crippen LogP contribution is -2.31. The lowest BCUT2D eigenvalue weighted by atomic mass is 9.85. The molecular formula is C84H97Cl6N7O18S3. The molecule has 3 heterocycles. The van der Waals surface area contributed by atoms with E-state index in [-0.39, 0.29) is 140 Å². The zero-order valence-electron chi connectivity index (χ0n) is 65.5. The molecule has 34 heteroatoms. The lowest BCUT2D eigenvalue weighted by molar-refractivity contribution is 0.0481. The smallest absolute Gasteiger partial charge is 0.335 e. The zero-order valence-corrected chi connectivity index (χ0v) is 72.5. The van der Waals surface area contributed by atoms with Gasteiger partial charge in [-0.3, -0.25) is 9.59 Å². The fourth-order valence-corrected chi connectivity index (χ4v) is 18.9. The predicted octanol–water partition coefficient (Wildman–Crippen LogP) is 13.0. The molecule has 0 saturated heterocycles. The average Bonchev–Trinajstić information content (AvgIpc) is 0.780. The summed E-state index contributed by atoms with van der Waals surface area (Å²) in [6, 6.07) is 43.4. The van der Waals surface area contributed by atoms with Gasteiger partial charge in [0.25, 0.3) is 5.91 Å². The summed E-state index contributed by atoms with van der Waals surface area (Å²) in [7, 11) is -5.00. The summed E-state index contributed by atoms with van der Waals surface area (Å²) in [6.45, 7) is 8.83. The molecule has 0 aliphatic carbocycles. The third-order valence-electron chi connectivity index (χ3n) is 19.5. The molecule has 0 bridgehead atoms. The molecule has 25 nitrogen and oxygen atoms in total. The first-order valence-corrected chi connectivity index (χ1v) is 45.0. The van der Waals surface area contributed by atoms with Crippen LogP contribution in [0, 0.1) is 0 Å². The minimum absolute atomic E-state index is 0.0352. The van der Waals surface area contributed by atoms with E-state index in [1.165, 1.54) is 24.3 Å². The van der Waals surface area contributed by atoms with Crippen molar-refractivity contribution in [2.24, 2.45) is 5.73 Å². The summed E-state index contributed by atoms with van der Waals surface area (Å²) in [5, 5.41) is 23.2. The van der Waals surface area contributed by atoms with Gasteiger partial charge in [-0.05, 0) is 193 Å². The summed E-state index contributed by atoms with van der Waals surface area (Å²) in [5.74, 6) is -2.77. The molecule has 3 aliphatic heterocycles. The van der Waals surface area contributed by atoms with Crippen molar-refractivity contribution < 1.29 is 83.1 Å². The number of ketones is 1. The fraction of sp³-hybridized carbons (Fsp3) is 0.381. The van der Waals surface area contributed by atoms with E-state index in [0.29, 0.717) is 113 Å². The second-order valence-electron chi connectivity index (χ2n) is 28.3. The Hall–Kier alpha value is -7.05. The molecule has 0 fully saturated rings. The van der Waals surface area contributed by atoms with Crippen LogP contribution in [-0.4, -0.2) is 226 Å². The summed E-state index contributed by atoms with van der Waals surface area (Å²) < 4.78 is 117. The van der Waals surface area contributed by atoms with Gasteiger partial charge in [0.1, 0.15) is 0 Å². The van der Waals surface area contributed by atoms with Crippen LogP contribution in [-0.2, 0) is 77.9 Å². The molecular weight excluding hydrogens is 1700 g/mol. The third kappa shape index (κ3) is 28.3. The Balaban J connectivity index is 0.000000293. The number of carbonyl (C=O) groups excluding carboxylic acids is 2. The van der Waals surface area contributed by atoms with Crippen LogP contribution < -0.4 is 20.5 Å². The van der Waals surface area contributed by atoms with E-state index in [4.69, 9.17) is 114 Å². The highest BCUT2D eigenvalue weighted by Crippen LogP contribution is 2.42. The Morgan fingerprint density at radius 3 is 1.14 bits per heavy atom. The van der Waals surface area contributed by atoms with Crippen LogP contribution in [0.5, 0.6) is 0 Å². The highest BCUT2D eigenvalue weighted by molar-refractivity contribution is 7.91. The normalized spacial score (nSPS) is 15.7. The number of nitrogens with two attached hydrogens (primary N) is 1. The molecule has 7 N–H and O–H groups in total. The molecule has 636 valence electrons. The van der Waals surface area contributed by atoms with Crippen molar-refractivity contribution in [2.45, 2.75) is 71.3 Å². The number of carbonyl (C=O) groups is 4. The number of nitrogens with one attached hydrogen (secondary N) is 3. The van der Waals surface area contributed by atoms with Crippen LogP contribution in [0.15, 0.2) is 172 Å². The second-order valence-corrected chi connectivity index (χ2v) is 36.5. The zero-order chi connectivity index (χ0) is 85.1. The Bertz CT molecular complexity index is 4870. The molecule has 3 aliphatic rings. The second kappa shape index (κ2) is 46.3. The molecule has 118 heavy (non-hydrogen) atoms. The molecule has 3 atom stereocenters. The minimum atomic E-state index is -3.80. The largest absolute Gasteiger partial charge is 0.478 e. The van der Waals surface area contributed by atoms with Crippen LogP contribution in [0.4, 0.5) is 0 Å². The number of nitrogens with zero attached hydrogens (tertiary/aromatic N) is 3. The van der Waals surface area contributed by atoms with E-state index in [0.717, 1.165) is 63.2 Å². The highest BCUT2D eigenvalue weighted by atomic mass is 35.5. The van der Waals surface area contributed by atoms with Gasteiger partial charge in [0.15, 0.2) is 15.6 Å². The number of amides is 1. The first-order chi connectivity index (χ1) is 56.4. The number of hydrogen-bond donors (Lipinski definition) is 6. The quantitative estimate of drug-likeness (QED) is 0.0153. The number of rotatable bonds is 40. The number of carboxylic acid groups (broad SMARTS) is 2. The van der Waals surface area contributed by atoms with Crippen LogP contribution in [0.25, 0.3) is 0 Å². The molecule has 8 aromatic rings. The molecule has 8 aromatic carbocycles. The van der Waals surface area contributed by atoms with Crippen molar-refractivity contribution in [2.75, 3.05) is 152 Å². The van der Waals surface area contributed by atoms with Crippen molar-refractivity contribution in [1.82, 2.24) is 29.5 Å². The molecule has 1 amide bonds. The Labute approximate surface area is 719 Å². The van der Waals surface area contributed by atoms with Gasteiger partial charge >= 0.3 is 11.9 Å². The molecule has 3 unspecified atom stereocenters. The van der Waals surface area contributed by atoms with Crippen LogP contribution in [0.3, 0.4) is 0 Å². The van der Waals surface area contributed by atoms with Gasteiger partial charge in [-0.15, -0.1) is 0 Å². The number of hydrogen-bond acceptors (Lipinski definition) is 20. The number of benzene rings is 8. The highest BCUT2D eigenvalue weighted by Gasteiger charge is 2.32. The average molecular weight is 1800 g/mol. The monoisotopic (exact) mass is 1800 g/mol. The Morgan fingerprint density at radius 2 is 0.754 bits per heavy atom. The van der Waals surface area contributed by atoms with Crippen molar-refractivity contribution in [3.05, 3.63) is 260 Å². The van der Waals surface area contributed by atoms with E-state index < -0.39 is 41.8 Å². The van der Waals surface area contributed by atoms with E-state index in [2.05, 4.69) is 29.5 Å². The number of sulfonamides is 2. The van der Waals surface area contributed by atoms with Gasteiger partial charge in [-0.1, -0.05) is 118 Å². The third-order valence-corrected chi connectivity index (χ3v) is 25.8. The maximum Gasteiger partial charge on any atom is 0.335 e. The number of likely N-dealkylation sites (N-methyl/N-ethyl adjacent to an activating group) is 3. The summed E-state index contributed by atoms with van der Waals surface area (Å²) in [5.41, 5.74) is 15.1. The van der Waals surface area contributed by atoms with E-state index >= 15 is 0 Å². The summed E-state index contributed by atoms with van der Waals surface area (Å²) >= 11 is 38.5. The Morgan fingerprint density at radius 1 is 0.415 bits per heavy atom. The maximum absolute atomic E-state index is 13.3. The summed E-state index contributed by atoms with van der Waals surface area (Å²) in [6.07, 6.45) is 1.07. The lowest BCUT2D eigenvalue weighted by Gasteiger charge is -2.33. The van der Waals surface area contributed by atoms with Gasteiger partial charge in [-0.25, -0.2) is 44.3 Å². The minimum Gasteiger partial charge on any atom is -0.478 e. The number of aromatic carboxylic acids is 2. The van der Waals surface area contributed by atoms with Crippen LogP contribution in [0.2, 0.25) is 30.1 Å². The number of ether oxygens (including phenoxy) is 6. The number of sulfone groups is 1. The topological polar surface area (TPSA) is 338 Å². The number of fused-ring (bicyclic) bond motifs is 3. The molecule has 0 aromatic heterocycles.